The van der Waals surface area contributed by atoms with Crippen molar-refractivity contribution >= 4 is 44.3 Å². The number of hydrogen-bond acceptors (Lipinski definition) is 2. The molecule has 0 saturated carbocycles. The van der Waals surface area contributed by atoms with E-state index in [1.807, 2.05) is 0 Å². The lowest BCUT2D eigenvalue weighted by Crippen LogP contribution is -2.24. The highest BCUT2D eigenvalue weighted by Gasteiger charge is 2.36. The summed E-state index contributed by atoms with van der Waals surface area (Å²) in [5.41, 5.74) is 23.2. The lowest BCUT2D eigenvalue weighted by Gasteiger charge is -2.32. The molecule has 0 radical (unpaired) electrons. The zero-order valence-electron chi connectivity index (χ0n) is 38.3. The Bertz CT molecular complexity index is 3510. The molecule has 2 nitrogen and oxygen atoms in total. The molecule has 0 fully saturated rings. The van der Waals surface area contributed by atoms with Crippen molar-refractivity contribution in [2.24, 2.45) is 0 Å². The summed E-state index contributed by atoms with van der Waals surface area (Å²) < 4.78 is 0. The fourth-order valence-electron chi connectivity index (χ4n) is 12.0. The van der Waals surface area contributed by atoms with Gasteiger partial charge in [-0.3, -0.25) is 0 Å². The number of rotatable bonds is 6. The Morgan fingerprint density at radius 2 is 0.821 bits per heavy atom. The molecule has 10 aromatic carbocycles. The molecular weight excluding hydrogens is 809 g/mol. The van der Waals surface area contributed by atoms with E-state index < -0.39 is 0 Å². The van der Waals surface area contributed by atoms with Crippen molar-refractivity contribution < 1.29 is 0 Å². The molecule has 0 aromatic heterocycles. The number of nitrogens with zero attached hydrogens (tertiary/aromatic N) is 2. The van der Waals surface area contributed by atoms with Crippen molar-refractivity contribution in [1.29, 1.82) is 0 Å². The van der Waals surface area contributed by atoms with E-state index in [-0.39, 0.29) is 5.41 Å². The average molecular weight is 861 g/mol. The molecule has 3 aliphatic rings. The first-order chi connectivity index (χ1) is 33.0. The Kier molecular flexibility index (Phi) is 9.32. The van der Waals surface area contributed by atoms with Crippen LogP contribution in [0.2, 0.25) is 0 Å². The molecule has 0 atom stereocenters. The Balaban J connectivity index is 1.14. The lowest BCUT2D eigenvalue weighted by atomic mass is 9.80. The summed E-state index contributed by atoms with van der Waals surface area (Å²) in [5.74, 6) is 0. The van der Waals surface area contributed by atoms with Gasteiger partial charge in [-0.1, -0.05) is 159 Å². The van der Waals surface area contributed by atoms with Gasteiger partial charge < -0.3 is 9.80 Å². The quantitative estimate of drug-likeness (QED) is 0.154. The Morgan fingerprint density at radius 1 is 0.343 bits per heavy atom. The van der Waals surface area contributed by atoms with Gasteiger partial charge in [-0.2, -0.15) is 0 Å². The van der Waals surface area contributed by atoms with Crippen molar-refractivity contribution in [2.45, 2.75) is 44.9 Å². The first-order valence-corrected chi connectivity index (χ1v) is 24.2. The molecule has 67 heavy (non-hydrogen) atoms. The molecule has 2 heterocycles. The highest BCUT2D eigenvalue weighted by atomic mass is 15.1. The minimum atomic E-state index is -0.128. The molecule has 2 aliphatic heterocycles. The van der Waals surface area contributed by atoms with Gasteiger partial charge in [0.2, 0.25) is 0 Å². The Morgan fingerprint density at radius 3 is 1.40 bits per heavy atom. The second-order valence-corrected chi connectivity index (χ2v) is 19.4. The molecule has 0 bridgehead atoms. The summed E-state index contributed by atoms with van der Waals surface area (Å²) >= 11 is 0. The average Bonchev–Trinajstić information content (AvgIpc) is 3.62. The highest BCUT2D eigenvalue weighted by molar-refractivity contribution is 6.23. The molecule has 0 spiro atoms. The molecule has 0 saturated heterocycles. The van der Waals surface area contributed by atoms with Crippen molar-refractivity contribution in [3.63, 3.8) is 0 Å². The number of benzene rings is 10. The fraction of sp³-hybridized carbons (Fsp3) is 0.138. The van der Waals surface area contributed by atoms with Crippen molar-refractivity contribution in [3.05, 3.63) is 229 Å². The van der Waals surface area contributed by atoms with Crippen molar-refractivity contribution in [3.8, 4) is 55.6 Å². The third-order valence-electron chi connectivity index (χ3n) is 15.2. The van der Waals surface area contributed by atoms with Crippen LogP contribution in [0.5, 0.6) is 0 Å². The van der Waals surface area contributed by atoms with Crippen LogP contribution in [-0.2, 0) is 18.3 Å². The summed E-state index contributed by atoms with van der Waals surface area (Å²) in [6.45, 7) is 6.78. The second kappa shape index (κ2) is 15.7. The third-order valence-corrected chi connectivity index (χ3v) is 15.2. The topological polar surface area (TPSA) is 6.48 Å². The van der Waals surface area contributed by atoms with E-state index >= 15 is 0 Å². The predicted octanol–water partition coefficient (Wildman–Crippen LogP) is 17.1. The van der Waals surface area contributed by atoms with Crippen LogP contribution in [0.25, 0.3) is 77.2 Å². The standard InChI is InChI=1S/C65H52N2/c1-65(2)59-26-12-11-25-53(59)54-32-29-47(40-60(54)65)63-55-33-30-52(67-36-16-24-46-22-10-14-28-62(46)67)42-58(55)64(56-34-31-51(41-57(56)63)66-35-15-23-45-21-9-13-27-61(45)66)50-38-48(43-17-5-3-6-18-43)37-49(39-50)44-19-7-4-8-20-44/h3-14,17-22,25-34,37-42H,15-16,23-24,35-36H2,1-2H3. The number of para-hydroxylation sites is 2. The normalized spacial score (nSPS) is 14.7. The maximum Gasteiger partial charge on any atom is 0.0443 e. The number of fused-ring (bicyclic) bond motifs is 7. The van der Waals surface area contributed by atoms with Crippen LogP contribution in [0.15, 0.2) is 206 Å². The largest absolute Gasteiger partial charge is 0.341 e. The SMILES string of the molecule is CC1(C)c2ccccc2-c2ccc(-c3c4ccc(N5CCCc6ccccc65)cc4c(-c4cc(-c5ccccc5)cc(-c5ccccc5)c4)c4ccc(N5CCCc6ccccc65)cc34)cc21. The smallest absolute Gasteiger partial charge is 0.0443 e. The molecule has 13 rings (SSSR count). The van der Waals surface area contributed by atoms with Gasteiger partial charge in [-0.25, -0.2) is 0 Å². The maximum atomic E-state index is 2.56. The summed E-state index contributed by atoms with van der Waals surface area (Å²) in [6, 6.07) is 78.2. The van der Waals surface area contributed by atoms with Gasteiger partial charge in [0.25, 0.3) is 0 Å². The molecule has 0 unspecified atom stereocenters. The predicted molar refractivity (Wildman–Crippen MR) is 284 cm³/mol. The number of anilines is 4. The van der Waals surface area contributed by atoms with Crippen LogP contribution < -0.4 is 9.80 Å². The monoisotopic (exact) mass is 860 g/mol. The zero-order chi connectivity index (χ0) is 44.6. The first kappa shape index (κ1) is 39.7. The molecule has 0 amide bonds. The van der Waals surface area contributed by atoms with Crippen LogP contribution in [-0.4, -0.2) is 13.1 Å². The highest BCUT2D eigenvalue weighted by Crippen LogP contribution is 2.53. The van der Waals surface area contributed by atoms with E-state index in [4.69, 9.17) is 0 Å². The minimum absolute atomic E-state index is 0.128. The van der Waals surface area contributed by atoms with Crippen molar-refractivity contribution in [2.75, 3.05) is 22.9 Å². The van der Waals surface area contributed by atoms with E-state index in [0.29, 0.717) is 0 Å². The lowest BCUT2D eigenvalue weighted by molar-refractivity contribution is 0.660. The van der Waals surface area contributed by atoms with E-state index in [0.717, 1.165) is 38.8 Å². The fourth-order valence-corrected chi connectivity index (χ4v) is 12.0. The van der Waals surface area contributed by atoms with E-state index in [2.05, 4.69) is 230 Å². The van der Waals surface area contributed by atoms with Crippen molar-refractivity contribution in [1.82, 2.24) is 0 Å². The third kappa shape index (κ3) is 6.53. The number of aryl methyl sites for hydroxylation is 2. The van der Waals surface area contributed by atoms with Gasteiger partial charge >= 0.3 is 0 Å². The van der Waals surface area contributed by atoms with E-state index in [1.54, 1.807) is 0 Å². The summed E-state index contributed by atoms with van der Waals surface area (Å²) in [6.07, 6.45) is 4.47. The van der Waals surface area contributed by atoms with Gasteiger partial charge in [-0.05, 0) is 186 Å². The van der Waals surface area contributed by atoms with Crippen LogP contribution >= 0.6 is 0 Å². The van der Waals surface area contributed by atoms with Gasteiger partial charge in [0.15, 0.2) is 0 Å². The maximum absolute atomic E-state index is 2.56. The minimum Gasteiger partial charge on any atom is -0.341 e. The van der Waals surface area contributed by atoms with Gasteiger partial charge in [-0.15, -0.1) is 0 Å². The molecule has 1 aliphatic carbocycles. The Hall–Kier alpha value is -7.68. The van der Waals surface area contributed by atoms with E-state index in [1.165, 1.54) is 122 Å². The van der Waals surface area contributed by atoms with Crippen LogP contribution in [0, 0.1) is 0 Å². The molecule has 322 valence electrons. The molecule has 0 N–H and O–H groups in total. The van der Waals surface area contributed by atoms with E-state index in [9.17, 15) is 0 Å². The first-order valence-electron chi connectivity index (χ1n) is 24.2. The molecular formula is C65H52N2. The number of hydrogen-bond donors (Lipinski definition) is 0. The van der Waals surface area contributed by atoms with Crippen LogP contribution in [0.3, 0.4) is 0 Å². The summed E-state index contributed by atoms with van der Waals surface area (Å²) in [4.78, 5) is 5.13. The molecule has 10 aromatic rings. The van der Waals surface area contributed by atoms with Crippen LogP contribution in [0.4, 0.5) is 22.7 Å². The second-order valence-electron chi connectivity index (χ2n) is 19.4. The van der Waals surface area contributed by atoms with Gasteiger partial charge in [0, 0.05) is 41.3 Å². The Labute approximate surface area is 394 Å². The van der Waals surface area contributed by atoms with Crippen LogP contribution in [0.1, 0.15) is 48.9 Å². The zero-order valence-corrected chi connectivity index (χ0v) is 38.3. The van der Waals surface area contributed by atoms with Gasteiger partial charge in [0.1, 0.15) is 0 Å². The van der Waals surface area contributed by atoms with Gasteiger partial charge in [0.05, 0.1) is 0 Å². The molecule has 2 heteroatoms. The summed E-state index contributed by atoms with van der Waals surface area (Å²) in [5, 5.41) is 5.08. The summed E-state index contributed by atoms with van der Waals surface area (Å²) in [7, 11) is 0.